The van der Waals surface area contributed by atoms with E-state index in [4.69, 9.17) is 0 Å². The minimum absolute atomic E-state index is 0.106. The number of thiophene rings is 1. The van der Waals surface area contributed by atoms with Gasteiger partial charge in [0.2, 0.25) is 5.91 Å². The lowest BCUT2D eigenvalue weighted by atomic mass is 10.2. The van der Waals surface area contributed by atoms with Crippen molar-refractivity contribution in [3.05, 3.63) is 26.6 Å². The van der Waals surface area contributed by atoms with E-state index in [9.17, 15) is 19.5 Å². The molecule has 0 radical (unpaired) electrons. The van der Waals surface area contributed by atoms with Crippen molar-refractivity contribution in [3.63, 3.8) is 0 Å². The molecular weight excluding hydrogens is 318 g/mol. The Bertz CT molecular complexity index is 822. The molecule has 0 spiro atoms. The lowest BCUT2D eigenvalue weighted by Crippen LogP contribution is -2.34. The third-order valence-electron chi connectivity index (χ3n) is 3.59. The highest BCUT2D eigenvalue weighted by molar-refractivity contribution is 7.20. The van der Waals surface area contributed by atoms with Gasteiger partial charge in [0, 0.05) is 6.54 Å². The van der Waals surface area contributed by atoms with Crippen molar-refractivity contribution < 1.29 is 14.7 Å². The van der Waals surface area contributed by atoms with Crippen molar-refractivity contribution in [2.45, 2.75) is 40.2 Å². The second-order valence-corrected chi connectivity index (χ2v) is 6.29. The normalized spacial score (nSPS) is 10.9. The summed E-state index contributed by atoms with van der Waals surface area (Å²) in [6.45, 7) is 5.70. The quantitative estimate of drug-likeness (QED) is 0.781. The van der Waals surface area contributed by atoms with Crippen molar-refractivity contribution in [3.8, 4) is 0 Å². The fourth-order valence-corrected chi connectivity index (χ4v) is 3.37. The number of aromatic nitrogens is 2. The minimum atomic E-state index is -1.08. The van der Waals surface area contributed by atoms with E-state index in [-0.39, 0.29) is 28.3 Å². The van der Waals surface area contributed by atoms with E-state index >= 15 is 0 Å². The van der Waals surface area contributed by atoms with Gasteiger partial charge in [-0.15, -0.1) is 11.3 Å². The molecule has 7 nitrogen and oxygen atoms in total. The first-order valence-electron chi connectivity index (χ1n) is 7.37. The van der Waals surface area contributed by atoms with E-state index in [0.29, 0.717) is 22.8 Å². The standard InChI is InChI=1S/C15H19N3O4S/c1-4-5-6-16-10(19)7-18-9(3)17-13-11(14(18)20)8(2)12(23-13)15(21)22/h4-7H2,1-3H3,(H,16,19)(H,21,22). The maximum Gasteiger partial charge on any atom is 0.346 e. The number of nitrogens with one attached hydrogen (secondary N) is 1. The first-order valence-corrected chi connectivity index (χ1v) is 8.19. The molecule has 0 saturated heterocycles. The van der Waals surface area contributed by atoms with Crippen LogP contribution in [0.1, 0.15) is 40.8 Å². The highest BCUT2D eigenvalue weighted by atomic mass is 32.1. The Hall–Kier alpha value is -2.22. The summed E-state index contributed by atoms with van der Waals surface area (Å²) in [7, 11) is 0. The highest BCUT2D eigenvalue weighted by Crippen LogP contribution is 2.27. The largest absolute Gasteiger partial charge is 0.477 e. The molecule has 2 aromatic rings. The molecule has 1 amide bonds. The summed E-state index contributed by atoms with van der Waals surface area (Å²) in [5.41, 5.74) is 0.0227. The Kier molecular flexibility index (Phi) is 5.15. The lowest BCUT2D eigenvalue weighted by Gasteiger charge is -2.10. The van der Waals surface area contributed by atoms with E-state index in [2.05, 4.69) is 10.3 Å². The molecule has 2 heterocycles. The maximum absolute atomic E-state index is 12.6. The van der Waals surface area contributed by atoms with Crippen molar-refractivity contribution in [1.82, 2.24) is 14.9 Å². The topological polar surface area (TPSA) is 101 Å². The van der Waals surface area contributed by atoms with Crippen LogP contribution in [0.4, 0.5) is 0 Å². The number of carbonyl (C=O) groups is 2. The number of carbonyl (C=O) groups excluding carboxylic acids is 1. The third kappa shape index (κ3) is 3.42. The molecule has 2 rings (SSSR count). The zero-order chi connectivity index (χ0) is 17.1. The summed E-state index contributed by atoms with van der Waals surface area (Å²) in [6, 6.07) is 0. The van der Waals surface area contributed by atoms with Crippen LogP contribution in [0, 0.1) is 13.8 Å². The molecule has 0 atom stereocenters. The summed E-state index contributed by atoms with van der Waals surface area (Å²) in [6.07, 6.45) is 1.85. The van der Waals surface area contributed by atoms with Gasteiger partial charge < -0.3 is 10.4 Å². The lowest BCUT2D eigenvalue weighted by molar-refractivity contribution is -0.121. The first-order chi connectivity index (χ1) is 10.9. The average Bonchev–Trinajstić information content (AvgIpc) is 2.80. The van der Waals surface area contributed by atoms with E-state index in [1.807, 2.05) is 6.92 Å². The van der Waals surface area contributed by atoms with E-state index in [1.54, 1.807) is 13.8 Å². The van der Waals surface area contributed by atoms with Crippen LogP contribution in [0.15, 0.2) is 4.79 Å². The molecule has 0 aliphatic carbocycles. The van der Waals surface area contributed by atoms with Crippen LogP contribution in [0.2, 0.25) is 0 Å². The Balaban J connectivity index is 2.41. The Labute approximate surface area is 137 Å². The Morgan fingerprint density at radius 3 is 2.65 bits per heavy atom. The van der Waals surface area contributed by atoms with Gasteiger partial charge in [0.25, 0.3) is 5.56 Å². The Morgan fingerprint density at radius 1 is 1.35 bits per heavy atom. The van der Waals surface area contributed by atoms with Crippen molar-refractivity contribution in [2.75, 3.05) is 6.54 Å². The minimum Gasteiger partial charge on any atom is -0.477 e. The van der Waals surface area contributed by atoms with Gasteiger partial charge in [-0.05, 0) is 25.8 Å². The van der Waals surface area contributed by atoms with E-state index < -0.39 is 5.97 Å². The van der Waals surface area contributed by atoms with Gasteiger partial charge in [-0.3, -0.25) is 14.2 Å². The van der Waals surface area contributed by atoms with Gasteiger partial charge in [-0.2, -0.15) is 0 Å². The van der Waals surface area contributed by atoms with Gasteiger partial charge >= 0.3 is 5.97 Å². The van der Waals surface area contributed by atoms with Crippen LogP contribution >= 0.6 is 11.3 Å². The molecule has 23 heavy (non-hydrogen) atoms. The monoisotopic (exact) mass is 337 g/mol. The summed E-state index contributed by atoms with van der Waals surface area (Å²) in [4.78, 5) is 40.6. The van der Waals surface area contributed by atoms with Crippen LogP contribution in [0.3, 0.4) is 0 Å². The van der Waals surface area contributed by atoms with E-state index in [0.717, 1.165) is 24.2 Å². The number of hydrogen-bond acceptors (Lipinski definition) is 5. The smallest absolute Gasteiger partial charge is 0.346 e. The fourth-order valence-electron chi connectivity index (χ4n) is 2.31. The number of fused-ring (bicyclic) bond motifs is 1. The zero-order valence-electron chi connectivity index (χ0n) is 13.3. The van der Waals surface area contributed by atoms with Crippen molar-refractivity contribution in [1.29, 1.82) is 0 Å². The zero-order valence-corrected chi connectivity index (χ0v) is 14.1. The van der Waals surface area contributed by atoms with Crippen molar-refractivity contribution >= 4 is 33.4 Å². The van der Waals surface area contributed by atoms with Gasteiger partial charge in [0.05, 0.1) is 5.39 Å². The number of rotatable bonds is 6. The number of carboxylic acids is 1. The number of aryl methyl sites for hydroxylation is 2. The van der Waals surface area contributed by atoms with E-state index in [1.165, 1.54) is 4.57 Å². The molecule has 0 aliphatic rings. The van der Waals surface area contributed by atoms with Crippen LogP contribution in [-0.4, -0.2) is 33.1 Å². The van der Waals surface area contributed by atoms with Crippen molar-refractivity contribution in [2.24, 2.45) is 0 Å². The summed E-state index contributed by atoms with van der Waals surface area (Å²) < 4.78 is 1.29. The Morgan fingerprint density at radius 2 is 2.04 bits per heavy atom. The molecule has 0 saturated carbocycles. The second-order valence-electron chi connectivity index (χ2n) is 5.30. The fraction of sp³-hybridized carbons (Fsp3) is 0.467. The summed E-state index contributed by atoms with van der Waals surface area (Å²) in [5.74, 6) is -0.936. The number of hydrogen-bond donors (Lipinski definition) is 2. The number of amides is 1. The van der Waals surface area contributed by atoms with Crippen LogP contribution in [-0.2, 0) is 11.3 Å². The molecule has 2 N–H and O–H groups in total. The predicted octanol–water partition coefficient (Wildman–Crippen LogP) is 1.69. The van der Waals surface area contributed by atoms with Crippen LogP contribution < -0.4 is 10.9 Å². The molecule has 0 fully saturated rings. The molecule has 2 aromatic heterocycles. The molecule has 0 aliphatic heterocycles. The SMILES string of the molecule is CCCCNC(=O)Cn1c(C)nc2sc(C(=O)O)c(C)c2c1=O. The number of unbranched alkanes of at least 4 members (excludes halogenated alkanes) is 1. The maximum atomic E-state index is 12.6. The third-order valence-corrected chi connectivity index (χ3v) is 4.76. The van der Waals surface area contributed by atoms with Crippen LogP contribution in [0.25, 0.3) is 10.2 Å². The molecule has 0 unspecified atom stereocenters. The highest BCUT2D eigenvalue weighted by Gasteiger charge is 2.20. The molecule has 0 aromatic carbocycles. The van der Waals surface area contributed by atoms with Crippen LogP contribution in [0.5, 0.6) is 0 Å². The summed E-state index contributed by atoms with van der Waals surface area (Å²) >= 11 is 0.980. The van der Waals surface area contributed by atoms with Gasteiger partial charge in [-0.25, -0.2) is 9.78 Å². The summed E-state index contributed by atoms with van der Waals surface area (Å²) in [5, 5.41) is 12.2. The van der Waals surface area contributed by atoms with Gasteiger partial charge in [0.15, 0.2) is 0 Å². The molecule has 8 heteroatoms. The number of aromatic carboxylic acids is 1. The predicted molar refractivity (Wildman–Crippen MR) is 88.2 cm³/mol. The average molecular weight is 337 g/mol. The first kappa shape index (κ1) is 17.1. The number of nitrogens with zero attached hydrogens (tertiary/aromatic N) is 2. The van der Waals surface area contributed by atoms with Gasteiger partial charge in [0.1, 0.15) is 22.1 Å². The van der Waals surface area contributed by atoms with Gasteiger partial charge in [-0.1, -0.05) is 13.3 Å². The molecule has 124 valence electrons. The molecular formula is C15H19N3O4S. The second kappa shape index (κ2) is 6.91. The number of carboxylic acid groups (broad SMARTS) is 1. The molecule has 0 bridgehead atoms.